The molecule has 0 aliphatic carbocycles. The fraction of sp³-hybridized carbons (Fsp3) is 0.333. The molecule has 0 unspecified atom stereocenters. The second-order valence-corrected chi connectivity index (χ2v) is 6.34. The van der Waals surface area contributed by atoms with Gasteiger partial charge in [-0.3, -0.25) is 0 Å². The number of nitrogens with zero attached hydrogens (tertiary/aromatic N) is 4. The predicted molar refractivity (Wildman–Crippen MR) is 94.2 cm³/mol. The van der Waals surface area contributed by atoms with Crippen molar-refractivity contribution < 1.29 is 0 Å². The van der Waals surface area contributed by atoms with Crippen LogP contribution in [0.2, 0.25) is 0 Å². The van der Waals surface area contributed by atoms with Gasteiger partial charge in [-0.05, 0) is 24.6 Å². The van der Waals surface area contributed by atoms with Crippen LogP contribution < -0.4 is 10.6 Å². The molecule has 1 aliphatic rings. The van der Waals surface area contributed by atoms with Gasteiger partial charge in [0.05, 0.1) is 12.5 Å². The molecule has 0 saturated heterocycles. The third-order valence-corrected chi connectivity index (χ3v) is 4.63. The highest BCUT2D eigenvalue weighted by molar-refractivity contribution is 5.36. The van der Waals surface area contributed by atoms with Crippen molar-refractivity contribution in [2.75, 3.05) is 18.4 Å². The zero-order chi connectivity index (χ0) is 16.4. The molecule has 0 fully saturated rings. The Bertz CT molecular complexity index is 774. The molecular formula is C18H22N6. The summed E-state index contributed by atoms with van der Waals surface area (Å²) >= 11 is 0. The van der Waals surface area contributed by atoms with Gasteiger partial charge in [0.15, 0.2) is 0 Å². The van der Waals surface area contributed by atoms with Crippen LogP contribution in [0.1, 0.15) is 18.5 Å². The SMILES string of the molecule is C[C@@H](NC[C@@H]1CNc2ccnn2C1)c1ccc(-n2ccnc2)cc1. The van der Waals surface area contributed by atoms with E-state index in [4.69, 9.17) is 0 Å². The Hall–Kier alpha value is -2.60. The first-order chi connectivity index (χ1) is 11.8. The van der Waals surface area contributed by atoms with Gasteiger partial charge in [0.25, 0.3) is 0 Å². The lowest BCUT2D eigenvalue weighted by Crippen LogP contribution is -2.36. The summed E-state index contributed by atoms with van der Waals surface area (Å²) in [5, 5.41) is 11.4. The van der Waals surface area contributed by atoms with Gasteiger partial charge < -0.3 is 15.2 Å². The minimum absolute atomic E-state index is 0.320. The van der Waals surface area contributed by atoms with Crippen LogP contribution >= 0.6 is 0 Å². The van der Waals surface area contributed by atoms with Gasteiger partial charge in [0.2, 0.25) is 0 Å². The smallest absolute Gasteiger partial charge is 0.124 e. The minimum Gasteiger partial charge on any atom is -0.370 e. The van der Waals surface area contributed by atoms with Crippen LogP contribution in [-0.2, 0) is 6.54 Å². The summed E-state index contributed by atoms with van der Waals surface area (Å²) in [5.74, 6) is 1.67. The Morgan fingerprint density at radius 3 is 2.92 bits per heavy atom. The van der Waals surface area contributed by atoms with Crippen LogP contribution in [0, 0.1) is 5.92 Å². The van der Waals surface area contributed by atoms with Crippen LogP contribution in [0.15, 0.2) is 55.2 Å². The topological polar surface area (TPSA) is 59.7 Å². The lowest BCUT2D eigenvalue weighted by molar-refractivity contribution is 0.376. The van der Waals surface area contributed by atoms with Crippen molar-refractivity contribution >= 4 is 5.82 Å². The van der Waals surface area contributed by atoms with E-state index in [-0.39, 0.29) is 0 Å². The maximum Gasteiger partial charge on any atom is 0.124 e. The Balaban J connectivity index is 1.34. The number of imidazole rings is 1. The molecule has 2 atom stereocenters. The van der Waals surface area contributed by atoms with Gasteiger partial charge in [-0.2, -0.15) is 5.10 Å². The van der Waals surface area contributed by atoms with Crippen molar-refractivity contribution in [3.8, 4) is 5.69 Å². The quantitative estimate of drug-likeness (QED) is 0.757. The molecule has 0 bridgehead atoms. The highest BCUT2D eigenvalue weighted by Crippen LogP contribution is 2.18. The maximum absolute atomic E-state index is 4.35. The first-order valence-electron chi connectivity index (χ1n) is 8.37. The molecule has 0 spiro atoms. The number of benzene rings is 1. The fourth-order valence-corrected chi connectivity index (χ4v) is 3.13. The maximum atomic E-state index is 4.35. The Morgan fingerprint density at radius 2 is 2.12 bits per heavy atom. The van der Waals surface area contributed by atoms with Crippen molar-refractivity contribution in [2.24, 2.45) is 5.92 Å². The van der Waals surface area contributed by atoms with Gasteiger partial charge in [0, 0.05) is 55.7 Å². The van der Waals surface area contributed by atoms with Crippen molar-refractivity contribution in [3.05, 3.63) is 60.8 Å². The molecule has 1 aliphatic heterocycles. The number of hydrogen-bond donors (Lipinski definition) is 2. The van der Waals surface area contributed by atoms with Gasteiger partial charge in [-0.15, -0.1) is 0 Å². The first kappa shape index (κ1) is 15.0. The molecule has 6 heteroatoms. The molecule has 2 N–H and O–H groups in total. The molecule has 1 aromatic carbocycles. The van der Waals surface area contributed by atoms with Crippen molar-refractivity contribution in [3.63, 3.8) is 0 Å². The second-order valence-electron chi connectivity index (χ2n) is 6.34. The van der Waals surface area contributed by atoms with Crippen molar-refractivity contribution in [2.45, 2.75) is 19.5 Å². The molecule has 3 aromatic rings. The summed E-state index contributed by atoms with van der Waals surface area (Å²) in [5.41, 5.74) is 2.42. The van der Waals surface area contributed by atoms with E-state index < -0.39 is 0 Å². The molecule has 3 heterocycles. The Labute approximate surface area is 141 Å². The number of hydrogen-bond acceptors (Lipinski definition) is 4. The average molecular weight is 322 g/mol. The summed E-state index contributed by atoms with van der Waals surface area (Å²) in [6.07, 6.45) is 7.41. The molecular weight excluding hydrogens is 300 g/mol. The van der Waals surface area contributed by atoms with Gasteiger partial charge in [0.1, 0.15) is 5.82 Å². The molecule has 0 amide bonds. The third-order valence-electron chi connectivity index (χ3n) is 4.63. The number of aromatic nitrogens is 4. The molecule has 4 rings (SSSR count). The van der Waals surface area contributed by atoms with E-state index >= 15 is 0 Å². The molecule has 2 aromatic heterocycles. The van der Waals surface area contributed by atoms with E-state index in [1.807, 2.05) is 34.0 Å². The molecule has 6 nitrogen and oxygen atoms in total. The third kappa shape index (κ3) is 3.05. The zero-order valence-electron chi connectivity index (χ0n) is 13.8. The predicted octanol–water partition coefficient (Wildman–Crippen LogP) is 2.46. The van der Waals surface area contributed by atoms with E-state index in [0.717, 1.165) is 31.1 Å². The van der Waals surface area contributed by atoms with Crippen molar-refractivity contribution in [1.29, 1.82) is 0 Å². The number of anilines is 1. The summed E-state index contributed by atoms with van der Waals surface area (Å²) in [7, 11) is 0. The molecule has 124 valence electrons. The highest BCUT2D eigenvalue weighted by atomic mass is 15.3. The van der Waals surface area contributed by atoms with Crippen LogP contribution in [0.5, 0.6) is 0 Å². The fourth-order valence-electron chi connectivity index (χ4n) is 3.13. The van der Waals surface area contributed by atoms with E-state index in [9.17, 15) is 0 Å². The van der Waals surface area contributed by atoms with E-state index in [2.05, 4.69) is 51.9 Å². The minimum atomic E-state index is 0.320. The number of fused-ring (bicyclic) bond motifs is 1. The second kappa shape index (κ2) is 6.49. The zero-order valence-corrected chi connectivity index (χ0v) is 13.8. The van der Waals surface area contributed by atoms with Crippen LogP contribution in [-0.4, -0.2) is 32.4 Å². The van der Waals surface area contributed by atoms with Crippen molar-refractivity contribution in [1.82, 2.24) is 24.6 Å². The summed E-state index contributed by atoms with van der Waals surface area (Å²) in [6.45, 7) is 5.14. The van der Waals surface area contributed by atoms with E-state index in [1.54, 1.807) is 6.20 Å². The number of nitrogens with one attached hydrogen (secondary N) is 2. The normalized spacial score (nSPS) is 18.0. The lowest BCUT2D eigenvalue weighted by atomic mass is 10.1. The molecule has 24 heavy (non-hydrogen) atoms. The highest BCUT2D eigenvalue weighted by Gasteiger charge is 2.18. The Kier molecular flexibility index (Phi) is 4.04. The Morgan fingerprint density at radius 1 is 1.25 bits per heavy atom. The monoisotopic (exact) mass is 322 g/mol. The van der Waals surface area contributed by atoms with Gasteiger partial charge >= 0.3 is 0 Å². The molecule has 0 saturated carbocycles. The van der Waals surface area contributed by atoms with Gasteiger partial charge in [-0.25, -0.2) is 9.67 Å². The van der Waals surface area contributed by atoms with Crippen LogP contribution in [0.3, 0.4) is 0 Å². The standard InChI is InChI=1S/C18H22N6/c1-14(16-2-4-17(5-3-16)23-9-8-19-13-23)20-10-15-11-21-18-6-7-22-24(18)12-15/h2-9,13-15,20-21H,10-12H2,1H3/t14-,15-/m1/s1. The van der Waals surface area contributed by atoms with Crippen LogP contribution in [0.4, 0.5) is 5.82 Å². The lowest BCUT2D eigenvalue weighted by Gasteiger charge is -2.26. The van der Waals surface area contributed by atoms with Gasteiger partial charge in [-0.1, -0.05) is 12.1 Å². The summed E-state index contributed by atoms with van der Waals surface area (Å²) in [4.78, 5) is 4.09. The summed E-state index contributed by atoms with van der Waals surface area (Å²) < 4.78 is 4.05. The first-order valence-corrected chi connectivity index (χ1v) is 8.37. The van der Waals surface area contributed by atoms with E-state index in [0.29, 0.717) is 12.0 Å². The number of rotatable bonds is 5. The van der Waals surface area contributed by atoms with E-state index in [1.165, 1.54) is 5.56 Å². The average Bonchev–Trinajstić information content (AvgIpc) is 3.31. The largest absolute Gasteiger partial charge is 0.370 e. The summed E-state index contributed by atoms with van der Waals surface area (Å²) in [6, 6.07) is 11.0. The molecule has 0 radical (unpaired) electrons. The van der Waals surface area contributed by atoms with Crippen LogP contribution in [0.25, 0.3) is 5.69 Å².